The second kappa shape index (κ2) is 5.29. The Morgan fingerprint density at radius 2 is 1.82 bits per heavy atom. The highest BCUT2D eigenvalue weighted by Crippen LogP contribution is 2.21. The first kappa shape index (κ1) is 12.7. The van der Waals surface area contributed by atoms with Crippen LogP contribution in [0.25, 0.3) is 0 Å². The van der Waals surface area contributed by atoms with Crippen molar-refractivity contribution in [1.82, 2.24) is 4.31 Å². The van der Waals surface area contributed by atoms with Gasteiger partial charge in [0.25, 0.3) is 0 Å². The van der Waals surface area contributed by atoms with E-state index in [1.54, 1.807) is 11.8 Å². The van der Waals surface area contributed by atoms with E-state index in [2.05, 4.69) is 0 Å². The summed E-state index contributed by atoms with van der Waals surface area (Å²) in [5.41, 5.74) is 0. The molecule has 1 aliphatic rings. The predicted octanol–water partition coefficient (Wildman–Crippen LogP) is 1.52. The van der Waals surface area contributed by atoms with Gasteiger partial charge in [0.1, 0.15) is 5.75 Å². The van der Waals surface area contributed by atoms with Gasteiger partial charge in [-0.2, -0.15) is 16.1 Å². The summed E-state index contributed by atoms with van der Waals surface area (Å²) in [5, 5.41) is 9.17. The molecule has 0 aromatic heterocycles. The van der Waals surface area contributed by atoms with Gasteiger partial charge in [-0.05, 0) is 36.4 Å². The Balaban J connectivity index is 2.25. The standard InChI is InChI=1S/C11H15NO3S2/c13-10-2-4-11(5-3-10)17(14,15)12-6-1-8-16-9-7-12/h2-5,13H,1,6-9H2. The Morgan fingerprint density at radius 3 is 2.53 bits per heavy atom. The maximum atomic E-state index is 12.3. The number of nitrogens with zero attached hydrogens (tertiary/aromatic N) is 1. The van der Waals surface area contributed by atoms with E-state index in [9.17, 15) is 8.42 Å². The summed E-state index contributed by atoms with van der Waals surface area (Å²) in [7, 11) is -3.39. The van der Waals surface area contributed by atoms with Gasteiger partial charge in [0.05, 0.1) is 4.90 Å². The molecule has 1 aromatic rings. The fourth-order valence-corrected chi connectivity index (χ4v) is 4.21. The van der Waals surface area contributed by atoms with Crippen molar-refractivity contribution in [3.63, 3.8) is 0 Å². The van der Waals surface area contributed by atoms with Crippen molar-refractivity contribution in [2.45, 2.75) is 11.3 Å². The fraction of sp³-hybridized carbons (Fsp3) is 0.455. The van der Waals surface area contributed by atoms with Crippen LogP contribution in [-0.2, 0) is 10.0 Å². The van der Waals surface area contributed by atoms with E-state index in [-0.39, 0.29) is 10.6 Å². The minimum Gasteiger partial charge on any atom is -0.508 e. The second-order valence-corrected chi connectivity index (χ2v) is 7.03. The lowest BCUT2D eigenvalue weighted by atomic mass is 10.3. The van der Waals surface area contributed by atoms with Gasteiger partial charge in [-0.3, -0.25) is 0 Å². The fourth-order valence-electron chi connectivity index (χ4n) is 1.73. The minimum absolute atomic E-state index is 0.0790. The zero-order chi connectivity index (χ0) is 12.3. The Labute approximate surface area is 106 Å². The van der Waals surface area contributed by atoms with E-state index in [4.69, 9.17) is 5.11 Å². The molecule has 0 spiro atoms. The molecular formula is C11H15NO3S2. The Morgan fingerprint density at radius 1 is 1.12 bits per heavy atom. The smallest absolute Gasteiger partial charge is 0.243 e. The molecule has 0 amide bonds. The van der Waals surface area contributed by atoms with Gasteiger partial charge >= 0.3 is 0 Å². The molecule has 4 nitrogen and oxygen atoms in total. The van der Waals surface area contributed by atoms with Gasteiger partial charge in [0.15, 0.2) is 0 Å². The monoisotopic (exact) mass is 273 g/mol. The summed E-state index contributed by atoms with van der Waals surface area (Å²) in [5.74, 6) is 1.94. The van der Waals surface area contributed by atoms with Crippen molar-refractivity contribution in [2.24, 2.45) is 0 Å². The molecule has 94 valence electrons. The molecule has 1 N–H and O–H groups in total. The number of phenolic OH excluding ortho intramolecular Hbond substituents is 1. The number of aromatic hydroxyl groups is 1. The summed E-state index contributed by atoms with van der Waals surface area (Å²) < 4.78 is 26.1. The maximum Gasteiger partial charge on any atom is 0.243 e. The van der Waals surface area contributed by atoms with Gasteiger partial charge in [-0.1, -0.05) is 0 Å². The molecular weight excluding hydrogens is 258 g/mol. The highest BCUT2D eigenvalue weighted by molar-refractivity contribution is 7.99. The van der Waals surface area contributed by atoms with E-state index < -0.39 is 10.0 Å². The minimum atomic E-state index is -3.39. The topological polar surface area (TPSA) is 57.6 Å². The van der Waals surface area contributed by atoms with Crippen molar-refractivity contribution in [3.8, 4) is 5.75 Å². The van der Waals surface area contributed by atoms with Crippen LogP contribution in [0.1, 0.15) is 6.42 Å². The molecule has 0 radical (unpaired) electrons. The number of hydrogen-bond acceptors (Lipinski definition) is 4. The van der Waals surface area contributed by atoms with Crippen LogP contribution in [0.3, 0.4) is 0 Å². The van der Waals surface area contributed by atoms with Gasteiger partial charge in [0.2, 0.25) is 10.0 Å². The van der Waals surface area contributed by atoms with Crippen LogP contribution in [-0.4, -0.2) is 42.4 Å². The molecule has 0 unspecified atom stereocenters. The van der Waals surface area contributed by atoms with E-state index in [1.165, 1.54) is 28.6 Å². The maximum absolute atomic E-state index is 12.3. The summed E-state index contributed by atoms with van der Waals surface area (Å²) in [4.78, 5) is 0.252. The first-order valence-corrected chi connectivity index (χ1v) is 8.07. The molecule has 0 atom stereocenters. The average Bonchev–Trinajstić information content (AvgIpc) is 2.58. The molecule has 0 saturated carbocycles. The number of rotatable bonds is 2. The lowest BCUT2D eigenvalue weighted by Crippen LogP contribution is -2.32. The van der Waals surface area contributed by atoms with Crippen LogP contribution in [0.5, 0.6) is 5.75 Å². The van der Waals surface area contributed by atoms with E-state index in [0.717, 1.165) is 17.9 Å². The van der Waals surface area contributed by atoms with Crippen molar-refractivity contribution < 1.29 is 13.5 Å². The van der Waals surface area contributed by atoms with E-state index >= 15 is 0 Å². The lowest BCUT2D eigenvalue weighted by Gasteiger charge is -2.19. The van der Waals surface area contributed by atoms with Crippen LogP contribution in [0.15, 0.2) is 29.2 Å². The first-order valence-electron chi connectivity index (χ1n) is 5.47. The largest absolute Gasteiger partial charge is 0.508 e. The van der Waals surface area contributed by atoms with Gasteiger partial charge in [0, 0.05) is 18.8 Å². The number of benzene rings is 1. The molecule has 1 aliphatic heterocycles. The predicted molar refractivity (Wildman–Crippen MR) is 68.8 cm³/mol. The summed E-state index contributed by atoms with van der Waals surface area (Å²) in [6, 6.07) is 5.70. The molecule has 17 heavy (non-hydrogen) atoms. The van der Waals surface area contributed by atoms with Crippen LogP contribution in [0.2, 0.25) is 0 Å². The Kier molecular flexibility index (Phi) is 3.96. The summed E-state index contributed by atoms with van der Waals surface area (Å²) in [6.45, 7) is 1.14. The molecule has 6 heteroatoms. The number of thioether (sulfide) groups is 1. The molecule has 1 saturated heterocycles. The number of sulfonamides is 1. The van der Waals surface area contributed by atoms with Gasteiger partial charge in [-0.25, -0.2) is 8.42 Å². The number of phenols is 1. The molecule has 1 aromatic carbocycles. The molecule has 1 heterocycles. The highest BCUT2D eigenvalue weighted by Gasteiger charge is 2.24. The highest BCUT2D eigenvalue weighted by atomic mass is 32.2. The third-order valence-corrected chi connectivity index (χ3v) is 5.62. The zero-order valence-corrected chi connectivity index (χ0v) is 11.0. The Bertz CT molecular complexity index is 462. The van der Waals surface area contributed by atoms with Crippen LogP contribution >= 0.6 is 11.8 Å². The van der Waals surface area contributed by atoms with Crippen molar-refractivity contribution >= 4 is 21.8 Å². The third kappa shape index (κ3) is 2.94. The summed E-state index contributed by atoms with van der Waals surface area (Å²) >= 11 is 1.79. The lowest BCUT2D eigenvalue weighted by molar-refractivity contribution is 0.434. The third-order valence-electron chi connectivity index (χ3n) is 2.66. The van der Waals surface area contributed by atoms with Crippen LogP contribution < -0.4 is 0 Å². The SMILES string of the molecule is O=S(=O)(c1ccc(O)cc1)N1CCCSCC1. The zero-order valence-electron chi connectivity index (χ0n) is 9.37. The normalized spacial score (nSPS) is 18.8. The van der Waals surface area contributed by atoms with E-state index in [0.29, 0.717) is 13.1 Å². The van der Waals surface area contributed by atoms with Crippen LogP contribution in [0, 0.1) is 0 Å². The van der Waals surface area contributed by atoms with Crippen molar-refractivity contribution in [2.75, 3.05) is 24.6 Å². The molecule has 0 bridgehead atoms. The molecule has 2 rings (SSSR count). The molecule has 1 fully saturated rings. The van der Waals surface area contributed by atoms with Crippen molar-refractivity contribution in [1.29, 1.82) is 0 Å². The van der Waals surface area contributed by atoms with Crippen molar-refractivity contribution in [3.05, 3.63) is 24.3 Å². The quantitative estimate of drug-likeness (QED) is 0.887. The van der Waals surface area contributed by atoms with Gasteiger partial charge in [-0.15, -0.1) is 0 Å². The van der Waals surface area contributed by atoms with E-state index in [1.807, 2.05) is 0 Å². The van der Waals surface area contributed by atoms with Gasteiger partial charge < -0.3 is 5.11 Å². The first-order chi connectivity index (χ1) is 8.10. The Hall–Kier alpha value is -0.720. The number of hydrogen-bond donors (Lipinski definition) is 1. The molecule has 0 aliphatic carbocycles. The average molecular weight is 273 g/mol. The summed E-state index contributed by atoms with van der Waals surface area (Å²) in [6.07, 6.45) is 0.891. The second-order valence-electron chi connectivity index (χ2n) is 3.86. The van der Waals surface area contributed by atoms with Crippen LogP contribution in [0.4, 0.5) is 0 Å².